The summed E-state index contributed by atoms with van der Waals surface area (Å²) >= 11 is 13.4. The molecule has 1 amide bonds. The van der Waals surface area contributed by atoms with E-state index in [9.17, 15) is 4.79 Å². The van der Waals surface area contributed by atoms with Crippen molar-refractivity contribution in [1.29, 1.82) is 5.26 Å². The van der Waals surface area contributed by atoms with Gasteiger partial charge >= 0.3 is 0 Å². The van der Waals surface area contributed by atoms with E-state index in [1.54, 1.807) is 18.2 Å². The van der Waals surface area contributed by atoms with E-state index in [-0.39, 0.29) is 5.57 Å². The van der Waals surface area contributed by atoms with Crippen molar-refractivity contribution in [3.05, 3.63) is 56.2 Å². The van der Waals surface area contributed by atoms with Crippen molar-refractivity contribution in [1.82, 2.24) is 0 Å². The molecule has 0 unspecified atom stereocenters. The number of hydrogen-bond donors (Lipinski definition) is 1. The zero-order valence-corrected chi connectivity index (χ0v) is 12.4. The van der Waals surface area contributed by atoms with Crippen molar-refractivity contribution in [2.24, 2.45) is 0 Å². The van der Waals surface area contributed by atoms with E-state index >= 15 is 0 Å². The van der Waals surface area contributed by atoms with Gasteiger partial charge in [-0.1, -0.05) is 35.3 Å². The van der Waals surface area contributed by atoms with Crippen LogP contribution in [-0.2, 0) is 4.79 Å². The predicted octanol–water partition coefficient (Wildman–Crippen LogP) is 4.60. The first-order chi connectivity index (χ1) is 9.61. The molecule has 0 bridgehead atoms. The molecule has 2 rings (SSSR count). The standard InChI is InChI=1S/C14H8Cl2N2OS/c15-11-4-1-5-12(16)13(11)18-14(19)9(8-17)7-10-3-2-6-20-10/h1-7H,(H,18,19). The van der Waals surface area contributed by atoms with E-state index in [4.69, 9.17) is 28.5 Å². The van der Waals surface area contributed by atoms with Crippen molar-refractivity contribution in [2.45, 2.75) is 0 Å². The molecular weight excluding hydrogens is 315 g/mol. The Hall–Kier alpha value is -1.80. The van der Waals surface area contributed by atoms with Crippen LogP contribution >= 0.6 is 34.5 Å². The zero-order valence-electron chi connectivity index (χ0n) is 10.1. The first-order valence-corrected chi connectivity index (χ1v) is 7.16. The van der Waals surface area contributed by atoms with E-state index in [1.807, 2.05) is 23.6 Å². The zero-order chi connectivity index (χ0) is 14.5. The smallest absolute Gasteiger partial charge is 0.266 e. The highest BCUT2D eigenvalue weighted by Crippen LogP contribution is 2.30. The summed E-state index contributed by atoms with van der Waals surface area (Å²) in [6.07, 6.45) is 1.52. The average molecular weight is 323 g/mol. The lowest BCUT2D eigenvalue weighted by atomic mass is 10.2. The topological polar surface area (TPSA) is 52.9 Å². The first kappa shape index (κ1) is 14.6. The van der Waals surface area contributed by atoms with Gasteiger partial charge in [-0.2, -0.15) is 5.26 Å². The van der Waals surface area contributed by atoms with Gasteiger partial charge in [-0.25, -0.2) is 0 Å². The molecule has 3 nitrogen and oxygen atoms in total. The molecule has 20 heavy (non-hydrogen) atoms. The number of halogens is 2. The highest BCUT2D eigenvalue weighted by atomic mass is 35.5. The molecule has 0 fully saturated rings. The SMILES string of the molecule is N#CC(=Cc1cccs1)C(=O)Nc1c(Cl)cccc1Cl. The minimum absolute atomic E-state index is 0.0107. The average Bonchev–Trinajstić information content (AvgIpc) is 2.93. The molecule has 1 aromatic carbocycles. The van der Waals surface area contributed by atoms with Gasteiger partial charge in [0.1, 0.15) is 11.6 Å². The summed E-state index contributed by atoms with van der Waals surface area (Å²) in [6, 6.07) is 10.4. The van der Waals surface area contributed by atoms with Crippen molar-refractivity contribution in [2.75, 3.05) is 5.32 Å². The number of anilines is 1. The van der Waals surface area contributed by atoms with Crippen LogP contribution in [0.4, 0.5) is 5.69 Å². The van der Waals surface area contributed by atoms with E-state index in [2.05, 4.69) is 5.32 Å². The van der Waals surface area contributed by atoms with Gasteiger partial charge in [0.05, 0.1) is 15.7 Å². The third-order valence-corrected chi connectivity index (χ3v) is 3.85. The number of para-hydroxylation sites is 1. The summed E-state index contributed by atoms with van der Waals surface area (Å²) in [4.78, 5) is 12.9. The van der Waals surface area contributed by atoms with Crippen molar-refractivity contribution in [3.8, 4) is 6.07 Å². The van der Waals surface area contributed by atoms with Crippen molar-refractivity contribution in [3.63, 3.8) is 0 Å². The maximum Gasteiger partial charge on any atom is 0.266 e. The molecule has 0 atom stereocenters. The van der Waals surface area contributed by atoms with Gasteiger partial charge < -0.3 is 5.32 Å². The Morgan fingerprint density at radius 2 is 1.95 bits per heavy atom. The third kappa shape index (κ3) is 3.40. The lowest BCUT2D eigenvalue weighted by Gasteiger charge is -2.08. The second-order valence-corrected chi connectivity index (χ2v) is 5.53. The number of amides is 1. The summed E-state index contributed by atoms with van der Waals surface area (Å²) in [5.41, 5.74) is 0.289. The monoisotopic (exact) mass is 322 g/mol. The van der Waals surface area contributed by atoms with Gasteiger partial charge in [-0.05, 0) is 29.7 Å². The molecule has 1 aromatic heterocycles. The molecule has 1 N–H and O–H groups in total. The van der Waals surface area contributed by atoms with Crippen LogP contribution in [0.1, 0.15) is 4.88 Å². The number of hydrogen-bond acceptors (Lipinski definition) is 3. The minimum atomic E-state index is -0.545. The van der Waals surface area contributed by atoms with Crippen LogP contribution in [0.3, 0.4) is 0 Å². The van der Waals surface area contributed by atoms with Crippen LogP contribution in [0.25, 0.3) is 6.08 Å². The minimum Gasteiger partial charge on any atom is -0.319 e. The van der Waals surface area contributed by atoms with Crippen LogP contribution in [0.5, 0.6) is 0 Å². The molecule has 0 radical (unpaired) electrons. The fraction of sp³-hybridized carbons (Fsp3) is 0. The lowest BCUT2D eigenvalue weighted by Crippen LogP contribution is -2.14. The fourth-order valence-corrected chi connectivity index (χ4v) is 2.61. The normalized spacial score (nSPS) is 10.9. The number of rotatable bonds is 3. The Morgan fingerprint density at radius 3 is 2.50 bits per heavy atom. The van der Waals surface area contributed by atoms with Crippen molar-refractivity contribution < 1.29 is 4.79 Å². The van der Waals surface area contributed by atoms with Gasteiger partial charge in [0.15, 0.2) is 0 Å². The number of carbonyl (C=O) groups excluding carboxylic acids is 1. The molecule has 0 aliphatic heterocycles. The van der Waals surface area contributed by atoms with Crippen molar-refractivity contribution >= 4 is 52.2 Å². The van der Waals surface area contributed by atoms with Crippen LogP contribution in [0.2, 0.25) is 10.0 Å². The molecule has 1 heterocycles. The maximum absolute atomic E-state index is 12.1. The summed E-state index contributed by atoms with van der Waals surface area (Å²) in [7, 11) is 0. The van der Waals surface area contributed by atoms with Crippen LogP contribution in [0, 0.1) is 11.3 Å². The number of carbonyl (C=O) groups is 1. The second-order valence-electron chi connectivity index (χ2n) is 3.74. The number of nitrogens with one attached hydrogen (secondary N) is 1. The summed E-state index contributed by atoms with van der Waals surface area (Å²) in [5, 5.41) is 14.1. The molecule has 0 aliphatic carbocycles. The molecule has 6 heteroatoms. The maximum atomic E-state index is 12.1. The number of thiophene rings is 1. The van der Waals surface area contributed by atoms with Gasteiger partial charge in [-0.3, -0.25) is 4.79 Å². The lowest BCUT2D eigenvalue weighted by molar-refractivity contribution is -0.112. The largest absolute Gasteiger partial charge is 0.319 e. The number of benzene rings is 1. The summed E-state index contributed by atoms with van der Waals surface area (Å²) in [6.45, 7) is 0. The van der Waals surface area contributed by atoms with E-state index < -0.39 is 5.91 Å². The van der Waals surface area contributed by atoms with Gasteiger partial charge in [-0.15, -0.1) is 11.3 Å². The van der Waals surface area contributed by atoms with Gasteiger partial charge in [0.2, 0.25) is 0 Å². The van der Waals surface area contributed by atoms with E-state index in [1.165, 1.54) is 17.4 Å². The summed E-state index contributed by atoms with van der Waals surface area (Å²) < 4.78 is 0. The summed E-state index contributed by atoms with van der Waals surface area (Å²) in [5.74, 6) is -0.545. The molecular formula is C14H8Cl2N2OS. The van der Waals surface area contributed by atoms with E-state index in [0.29, 0.717) is 15.7 Å². The number of nitrogens with zero attached hydrogens (tertiary/aromatic N) is 1. The highest BCUT2D eigenvalue weighted by molar-refractivity contribution is 7.10. The molecule has 2 aromatic rings. The van der Waals surface area contributed by atoms with Gasteiger partial charge in [0, 0.05) is 4.88 Å². The molecule has 0 spiro atoms. The molecule has 0 aliphatic rings. The fourth-order valence-electron chi connectivity index (χ4n) is 1.46. The molecule has 0 saturated heterocycles. The Labute approximate surface area is 130 Å². The Morgan fingerprint density at radius 1 is 1.25 bits per heavy atom. The van der Waals surface area contributed by atoms with Gasteiger partial charge in [0.25, 0.3) is 5.91 Å². The van der Waals surface area contributed by atoms with Crippen LogP contribution < -0.4 is 5.32 Å². The van der Waals surface area contributed by atoms with E-state index in [0.717, 1.165) is 4.88 Å². The van der Waals surface area contributed by atoms with Crippen LogP contribution in [0.15, 0.2) is 41.3 Å². The molecule has 100 valence electrons. The molecule has 0 saturated carbocycles. The number of nitriles is 1. The quantitative estimate of drug-likeness (QED) is 0.663. The first-order valence-electron chi connectivity index (χ1n) is 5.52. The third-order valence-electron chi connectivity index (χ3n) is 2.40. The highest BCUT2D eigenvalue weighted by Gasteiger charge is 2.13. The predicted molar refractivity (Wildman–Crippen MR) is 83.0 cm³/mol. The Kier molecular flexibility index (Phi) is 4.80. The Balaban J connectivity index is 2.25. The second kappa shape index (κ2) is 6.58. The Bertz CT molecular complexity index is 682. The van der Waals surface area contributed by atoms with Crippen LogP contribution in [-0.4, -0.2) is 5.91 Å².